The molecule has 1 aromatic carbocycles. The van der Waals surface area contributed by atoms with Gasteiger partial charge in [-0.15, -0.1) is 0 Å². The smallest absolute Gasteiger partial charge is 0.276 e. The van der Waals surface area contributed by atoms with Crippen molar-refractivity contribution >= 4 is 11.8 Å². The Balaban J connectivity index is 1.66. The van der Waals surface area contributed by atoms with Crippen LogP contribution in [0.4, 0.5) is 0 Å². The lowest BCUT2D eigenvalue weighted by Crippen LogP contribution is -2.32. The third-order valence-electron chi connectivity index (χ3n) is 5.46. The molecule has 0 N–H and O–H groups in total. The summed E-state index contributed by atoms with van der Waals surface area (Å²) in [6.45, 7) is 3.06. The second-order valence-electron chi connectivity index (χ2n) is 7.28. The molecule has 0 saturated carbocycles. The molecular weight excluding hydrogens is 342 g/mol. The highest BCUT2D eigenvalue weighted by Gasteiger charge is 2.28. The van der Waals surface area contributed by atoms with Crippen molar-refractivity contribution in [3.05, 3.63) is 41.9 Å². The third kappa shape index (κ3) is 3.61. The molecule has 142 valence electrons. The van der Waals surface area contributed by atoms with Crippen LogP contribution in [-0.2, 0) is 0 Å². The number of benzene rings is 1. The van der Waals surface area contributed by atoms with E-state index in [1.165, 1.54) is 6.39 Å². The summed E-state index contributed by atoms with van der Waals surface area (Å²) in [6, 6.07) is 7.35. The van der Waals surface area contributed by atoms with Crippen LogP contribution in [0.1, 0.15) is 59.4 Å². The zero-order valence-corrected chi connectivity index (χ0v) is 15.5. The van der Waals surface area contributed by atoms with E-state index >= 15 is 0 Å². The molecule has 0 atom stereocenters. The molecule has 6 nitrogen and oxygen atoms in total. The third-order valence-corrected chi connectivity index (χ3v) is 5.46. The largest absolute Gasteiger partial charge is 0.443 e. The predicted molar refractivity (Wildman–Crippen MR) is 101 cm³/mol. The molecule has 2 aliphatic rings. The maximum atomic E-state index is 13.1. The van der Waals surface area contributed by atoms with E-state index in [4.69, 9.17) is 4.42 Å². The summed E-state index contributed by atoms with van der Waals surface area (Å²) in [5.41, 5.74) is 1.52. The molecule has 0 spiro atoms. The SMILES string of the molecule is O=C(c1ccccc1-c1ocnc1C(=O)N1CCCCCC1)N1CCCC1. The first-order chi connectivity index (χ1) is 13.3. The van der Waals surface area contributed by atoms with Gasteiger partial charge in [-0.2, -0.15) is 0 Å². The van der Waals surface area contributed by atoms with Gasteiger partial charge in [0.15, 0.2) is 17.8 Å². The van der Waals surface area contributed by atoms with Gasteiger partial charge >= 0.3 is 0 Å². The van der Waals surface area contributed by atoms with Gasteiger partial charge in [0, 0.05) is 31.7 Å². The highest BCUT2D eigenvalue weighted by molar-refractivity contribution is 6.04. The standard InChI is InChI=1S/C21H25N3O3/c25-20(23-13-7-8-14-23)17-10-4-3-9-16(17)19-18(22-15-27-19)21(26)24-11-5-1-2-6-12-24/h3-4,9-10,15H,1-2,5-8,11-14H2. The van der Waals surface area contributed by atoms with Gasteiger partial charge in [0.05, 0.1) is 5.56 Å². The quantitative estimate of drug-likeness (QED) is 0.831. The second-order valence-corrected chi connectivity index (χ2v) is 7.28. The molecule has 2 aromatic rings. The number of oxazole rings is 1. The molecule has 4 rings (SSSR count). The second kappa shape index (κ2) is 7.94. The fourth-order valence-corrected chi connectivity index (χ4v) is 3.97. The van der Waals surface area contributed by atoms with Crippen LogP contribution in [0.3, 0.4) is 0 Å². The van der Waals surface area contributed by atoms with E-state index in [2.05, 4.69) is 4.98 Å². The van der Waals surface area contributed by atoms with Gasteiger partial charge in [-0.3, -0.25) is 9.59 Å². The van der Waals surface area contributed by atoms with Crippen molar-refractivity contribution in [2.75, 3.05) is 26.2 Å². The number of rotatable bonds is 3. The molecule has 6 heteroatoms. The number of hydrogen-bond acceptors (Lipinski definition) is 4. The number of aromatic nitrogens is 1. The zero-order chi connectivity index (χ0) is 18.6. The molecule has 27 heavy (non-hydrogen) atoms. The van der Waals surface area contributed by atoms with Crippen LogP contribution < -0.4 is 0 Å². The average Bonchev–Trinajstić information content (AvgIpc) is 3.34. The molecule has 1 aromatic heterocycles. The summed E-state index contributed by atoms with van der Waals surface area (Å²) in [5.74, 6) is 0.282. The lowest BCUT2D eigenvalue weighted by atomic mass is 10.0. The summed E-state index contributed by atoms with van der Waals surface area (Å²) in [7, 11) is 0. The van der Waals surface area contributed by atoms with E-state index in [-0.39, 0.29) is 11.8 Å². The van der Waals surface area contributed by atoms with Crippen molar-refractivity contribution in [2.24, 2.45) is 0 Å². The fourth-order valence-electron chi connectivity index (χ4n) is 3.97. The number of hydrogen-bond donors (Lipinski definition) is 0. The summed E-state index contributed by atoms with van der Waals surface area (Å²) in [6.07, 6.45) is 7.72. The average molecular weight is 367 g/mol. The van der Waals surface area contributed by atoms with E-state index in [1.807, 2.05) is 28.0 Å². The Bertz CT molecular complexity index is 816. The Kier molecular flexibility index (Phi) is 5.23. The molecule has 2 fully saturated rings. The van der Waals surface area contributed by atoms with Gasteiger partial charge in [0.25, 0.3) is 11.8 Å². The van der Waals surface area contributed by atoms with E-state index in [1.54, 1.807) is 6.07 Å². The molecule has 0 unspecified atom stereocenters. The van der Waals surface area contributed by atoms with E-state index in [0.29, 0.717) is 22.6 Å². The topological polar surface area (TPSA) is 66.7 Å². The highest BCUT2D eigenvalue weighted by Crippen LogP contribution is 2.29. The first-order valence-corrected chi connectivity index (χ1v) is 9.87. The molecular formula is C21H25N3O3. The summed E-state index contributed by atoms with van der Waals surface area (Å²) in [5, 5.41) is 0. The van der Waals surface area contributed by atoms with Gasteiger partial charge in [-0.25, -0.2) is 4.98 Å². The predicted octanol–water partition coefficient (Wildman–Crippen LogP) is 3.59. The van der Waals surface area contributed by atoms with Gasteiger partial charge in [0.2, 0.25) is 0 Å². The highest BCUT2D eigenvalue weighted by atomic mass is 16.3. The molecule has 2 saturated heterocycles. The Labute approximate surface area is 159 Å². The van der Waals surface area contributed by atoms with E-state index in [0.717, 1.165) is 64.7 Å². The van der Waals surface area contributed by atoms with Crippen molar-refractivity contribution in [3.63, 3.8) is 0 Å². The van der Waals surface area contributed by atoms with Gasteiger partial charge < -0.3 is 14.2 Å². The van der Waals surface area contributed by atoms with Crippen molar-refractivity contribution in [3.8, 4) is 11.3 Å². The molecule has 0 radical (unpaired) electrons. The van der Waals surface area contributed by atoms with Crippen molar-refractivity contribution in [1.82, 2.24) is 14.8 Å². The molecule has 2 aliphatic heterocycles. The number of nitrogens with zero attached hydrogens (tertiary/aromatic N) is 3. The summed E-state index contributed by atoms with van der Waals surface area (Å²) >= 11 is 0. The van der Waals surface area contributed by atoms with Crippen molar-refractivity contribution in [1.29, 1.82) is 0 Å². The van der Waals surface area contributed by atoms with Crippen LogP contribution in [0.5, 0.6) is 0 Å². The van der Waals surface area contributed by atoms with Gasteiger partial charge in [-0.1, -0.05) is 31.0 Å². The minimum atomic E-state index is -0.107. The van der Waals surface area contributed by atoms with E-state index < -0.39 is 0 Å². The molecule has 3 heterocycles. The van der Waals surface area contributed by atoms with Crippen molar-refractivity contribution < 1.29 is 14.0 Å². The number of carbonyl (C=O) groups is 2. The summed E-state index contributed by atoms with van der Waals surface area (Å²) in [4.78, 5) is 34.0. The van der Waals surface area contributed by atoms with Crippen LogP contribution in [0.2, 0.25) is 0 Å². The maximum Gasteiger partial charge on any atom is 0.276 e. The Hall–Kier alpha value is -2.63. The molecule has 2 amide bonds. The fraction of sp³-hybridized carbons (Fsp3) is 0.476. The Morgan fingerprint density at radius 3 is 2.11 bits per heavy atom. The Morgan fingerprint density at radius 2 is 1.41 bits per heavy atom. The maximum absolute atomic E-state index is 13.1. The normalized spacial score (nSPS) is 17.8. The van der Waals surface area contributed by atoms with Gasteiger partial charge in [-0.05, 0) is 31.7 Å². The number of likely N-dealkylation sites (tertiary alicyclic amines) is 2. The zero-order valence-electron chi connectivity index (χ0n) is 15.5. The monoisotopic (exact) mass is 367 g/mol. The van der Waals surface area contributed by atoms with Crippen molar-refractivity contribution in [2.45, 2.75) is 38.5 Å². The Morgan fingerprint density at radius 1 is 0.815 bits per heavy atom. The van der Waals surface area contributed by atoms with Crippen LogP contribution in [0, 0.1) is 0 Å². The van der Waals surface area contributed by atoms with Crippen LogP contribution in [-0.4, -0.2) is 52.8 Å². The minimum absolute atomic E-state index is 0.00679. The number of amides is 2. The number of carbonyl (C=O) groups excluding carboxylic acids is 2. The lowest BCUT2D eigenvalue weighted by Gasteiger charge is -2.20. The first-order valence-electron chi connectivity index (χ1n) is 9.87. The summed E-state index contributed by atoms with van der Waals surface area (Å²) < 4.78 is 5.62. The van der Waals surface area contributed by atoms with Crippen LogP contribution >= 0.6 is 0 Å². The first kappa shape index (κ1) is 17.8. The molecule has 0 aliphatic carbocycles. The van der Waals surface area contributed by atoms with E-state index in [9.17, 15) is 9.59 Å². The lowest BCUT2D eigenvalue weighted by molar-refractivity contribution is 0.0754. The molecule has 0 bridgehead atoms. The van der Waals surface area contributed by atoms with Crippen LogP contribution in [0.25, 0.3) is 11.3 Å². The van der Waals surface area contributed by atoms with Crippen LogP contribution in [0.15, 0.2) is 35.1 Å². The van der Waals surface area contributed by atoms with Gasteiger partial charge in [0.1, 0.15) is 0 Å². The minimum Gasteiger partial charge on any atom is -0.443 e.